The highest BCUT2D eigenvalue weighted by atomic mass is 32.1. The Hall–Kier alpha value is -3.75. The first kappa shape index (κ1) is 24.6. The summed E-state index contributed by atoms with van der Waals surface area (Å²) < 4.78 is 5.66. The van der Waals surface area contributed by atoms with Crippen LogP contribution < -0.4 is 5.73 Å². The number of anilines is 1. The number of piperidine rings is 1. The summed E-state index contributed by atoms with van der Waals surface area (Å²) >= 11 is 3.33. The highest BCUT2D eigenvalue weighted by Crippen LogP contribution is 2.39. The van der Waals surface area contributed by atoms with E-state index in [1.807, 2.05) is 59.7 Å². The van der Waals surface area contributed by atoms with E-state index in [0.717, 1.165) is 80.9 Å². The standard InChI is InChI=1S/C30H28N4O2S2/c1-19-28(29(33-36-19)23-5-2-4-22(16-23)20-7-9-24(31)10-8-20)26-18-38-30(32-26)21-11-13-34(14-12-21)27(35)17-25-6-3-15-37-25/h2-10,15-16,18,21H,11-14,17,31H2,1H3. The lowest BCUT2D eigenvalue weighted by Gasteiger charge is -2.31. The zero-order chi connectivity index (χ0) is 26.1. The van der Waals surface area contributed by atoms with Gasteiger partial charge in [-0.25, -0.2) is 4.98 Å². The van der Waals surface area contributed by atoms with Gasteiger partial charge in [0.1, 0.15) is 11.5 Å². The zero-order valence-corrected chi connectivity index (χ0v) is 22.7. The van der Waals surface area contributed by atoms with Crippen LogP contribution in [0.1, 0.15) is 34.4 Å². The molecule has 6 nitrogen and oxygen atoms in total. The number of nitrogens with two attached hydrogens (primary N) is 1. The van der Waals surface area contributed by atoms with E-state index in [4.69, 9.17) is 15.2 Å². The lowest BCUT2D eigenvalue weighted by atomic mass is 9.97. The van der Waals surface area contributed by atoms with Crippen LogP contribution in [-0.4, -0.2) is 34.0 Å². The summed E-state index contributed by atoms with van der Waals surface area (Å²) in [4.78, 5) is 20.9. The summed E-state index contributed by atoms with van der Waals surface area (Å²) in [6, 6.07) is 20.2. The van der Waals surface area contributed by atoms with E-state index >= 15 is 0 Å². The highest BCUT2D eigenvalue weighted by Gasteiger charge is 2.27. The fourth-order valence-electron chi connectivity index (χ4n) is 5.03. The number of thiophene rings is 1. The predicted octanol–water partition coefficient (Wildman–Crippen LogP) is 7.03. The largest absolute Gasteiger partial charge is 0.399 e. The van der Waals surface area contributed by atoms with Gasteiger partial charge < -0.3 is 15.2 Å². The molecule has 2 N–H and O–H groups in total. The molecule has 4 heterocycles. The van der Waals surface area contributed by atoms with E-state index in [2.05, 4.69) is 28.7 Å². The van der Waals surface area contributed by atoms with Crippen LogP contribution in [0.5, 0.6) is 0 Å². The second kappa shape index (κ2) is 10.6. The molecule has 3 aromatic heterocycles. The number of benzene rings is 2. The molecular weight excluding hydrogens is 512 g/mol. The van der Waals surface area contributed by atoms with Crippen LogP contribution in [0, 0.1) is 6.92 Å². The van der Waals surface area contributed by atoms with Gasteiger partial charge in [0.05, 0.1) is 22.7 Å². The second-order valence-corrected chi connectivity index (χ2v) is 11.6. The molecule has 2 aromatic carbocycles. The van der Waals surface area contributed by atoms with Crippen LogP contribution >= 0.6 is 22.7 Å². The second-order valence-electron chi connectivity index (χ2n) is 9.65. The van der Waals surface area contributed by atoms with Gasteiger partial charge in [0.15, 0.2) is 0 Å². The van der Waals surface area contributed by atoms with Gasteiger partial charge in [-0.2, -0.15) is 0 Å². The third-order valence-electron chi connectivity index (χ3n) is 7.12. The van der Waals surface area contributed by atoms with Crippen molar-refractivity contribution in [3.8, 4) is 33.6 Å². The number of hydrogen-bond donors (Lipinski definition) is 1. The summed E-state index contributed by atoms with van der Waals surface area (Å²) in [5, 5.41) is 9.67. The average Bonchev–Trinajstić information content (AvgIpc) is 3.71. The van der Waals surface area contributed by atoms with Crippen LogP contribution in [0.15, 0.2) is 75.9 Å². The summed E-state index contributed by atoms with van der Waals surface area (Å²) in [5.74, 6) is 1.33. The Morgan fingerprint density at radius 1 is 1.03 bits per heavy atom. The van der Waals surface area contributed by atoms with Crippen molar-refractivity contribution < 1.29 is 9.32 Å². The van der Waals surface area contributed by atoms with Crippen LogP contribution in [0.4, 0.5) is 5.69 Å². The zero-order valence-electron chi connectivity index (χ0n) is 21.1. The number of nitrogens with zero attached hydrogens (tertiary/aromatic N) is 3. The Bertz CT molecular complexity index is 1550. The number of carbonyl (C=O) groups is 1. The van der Waals surface area contributed by atoms with Crippen molar-refractivity contribution in [2.75, 3.05) is 18.8 Å². The molecular formula is C30H28N4O2S2. The summed E-state index contributed by atoms with van der Waals surface area (Å²) in [5.41, 5.74) is 12.4. The Morgan fingerprint density at radius 3 is 2.58 bits per heavy atom. The molecule has 0 radical (unpaired) electrons. The van der Waals surface area contributed by atoms with Crippen molar-refractivity contribution in [1.82, 2.24) is 15.0 Å². The fraction of sp³-hybridized carbons (Fsp3) is 0.233. The molecule has 0 atom stereocenters. The lowest BCUT2D eigenvalue weighted by molar-refractivity contribution is -0.131. The van der Waals surface area contributed by atoms with Crippen molar-refractivity contribution in [1.29, 1.82) is 0 Å². The topological polar surface area (TPSA) is 85.2 Å². The Kier molecular flexibility index (Phi) is 6.82. The van der Waals surface area contributed by atoms with E-state index in [1.54, 1.807) is 22.7 Å². The summed E-state index contributed by atoms with van der Waals surface area (Å²) in [6.07, 6.45) is 2.36. The van der Waals surface area contributed by atoms with E-state index in [1.165, 1.54) is 0 Å². The molecule has 8 heteroatoms. The number of hydrogen-bond acceptors (Lipinski definition) is 7. The predicted molar refractivity (Wildman–Crippen MR) is 154 cm³/mol. The molecule has 1 amide bonds. The van der Waals surface area contributed by atoms with Gasteiger partial charge in [-0.1, -0.05) is 41.6 Å². The first-order valence-electron chi connectivity index (χ1n) is 12.7. The van der Waals surface area contributed by atoms with E-state index in [9.17, 15) is 4.79 Å². The molecule has 5 aromatic rings. The first-order chi connectivity index (χ1) is 18.5. The molecule has 1 saturated heterocycles. The maximum Gasteiger partial charge on any atom is 0.227 e. The van der Waals surface area contributed by atoms with Crippen LogP contribution in [0.3, 0.4) is 0 Å². The molecule has 1 fully saturated rings. The van der Waals surface area contributed by atoms with Gasteiger partial charge in [0.25, 0.3) is 0 Å². The van der Waals surface area contributed by atoms with E-state index in [0.29, 0.717) is 12.3 Å². The molecule has 0 bridgehead atoms. The molecule has 6 rings (SSSR count). The van der Waals surface area contributed by atoms with Gasteiger partial charge >= 0.3 is 0 Å². The number of rotatable bonds is 6. The molecule has 0 spiro atoms. The maximum atomic E-state index is 12.7. The molecule has 192 valence electrons. The average molecular weight is 541 g/mol. The Labute approximate surface area is 229 Å². The number of likely N-dealkylation sites (tertiary alicyclic amines) is 1. The van der Waals surface area contributed by atoms with Crippen molar-refractivity contribution in [2.45, 2.75) is 32.1 Å². The summed E-state index contributed by atoms with van der Waals surface area (Å²) in [6.45, 7) is 3.49. The minimum Gasteiger partial charge on any atom is -0.399 e. The molecule has 1 aliphatic heterocycles. The maximum absolute atomic E-state index is 12.7. The molecule has 38 heavy (non-hydrogen) atoms. The van der Waals surface area contributed by atoms with Crippen molar-refractivity contribution in [3.05, 3.63) is 87.1 Å². The smallest absolute Gasteiger partial charge is 0.227 e. The van der Waals surface area contributed by atoms with E-state index in [-0.39, 0.29) is 5.91 Å². The number of aryl methyl sites for hydroxylation is 1. The molecule has 0 aliphatic carbocycles. The monoisotopic (exact) mass is 540 g/mol. The molecule has 1 aliphatic rings. The van der Waals surface area contributed by atoms with Crippen LogP contribution in [-0.2, 0) is 11.2 Å². The highest BCUT2D eigenvalue weighted by molar-refractivity contribution is 7.10. The van der Waals surface area contributed by atoms with Gasteiger partial charge in [0, 0.05) is 40.5 Å². The van der Waals surface area contributed by atoms with Gasteiger partial charge in [0.2, 0.25) is 5.91 Å². The normalized spacial score (nSPS) is 14.2. The van der Waals surface area contributed by atoms with Gasteiger partial charge in [-0.05, 0) is 60.5 Å². The number of nitrogen functional groups attached to an aromatic ring is 1. The number of carbonyl (C=O) groups excluding carboxylic acids is 1. The third-order valence-corrected chi connectivity index (χ3v) is 9.01. The van der Waals surface area contributed by atoms with Crippen LogP contribution in [0.25, 0.3) is 33.6 Å². The minimum absolute atomic E-state index is 0.219. The van der Waals surface area contributed by atoms with Crippen molar-refractivity contribution >= 4 is 34.3 Å². The Morgan fingerprint density at radius 2 is 1.82 bits per heavy atom. The lowest BCUT2D eigenvalue weighted by Crippen LogP contribution is -2.38. The molecule has 0 unspecified atom stereocenters. The minimum atomic E-state index is 0.219. The number of aromatic nitrogens is 2. The third kappa shape index (κ3) is 5.01. The summed E-state index contributed by atoms with van der Waals surface area (Å²) in [7, 11) is 0. The van der Waals surface area contributed by atoms with Crippen molar-refractivity contribution in [2.24, 2.45) is 0 Å². The molecule has 0 saturated carbocycles. The first-order valence-corrected chi connectivity index (χ1v) is 14.5. The number of thiazole rings is 1. The van der Waals surface area contributed by atoms with Crippen LogP contribution in [0.2, 0.25) is 0 Å². The fourth-order valence-corrected chi connectivity index (χ4v) is 6.71. The van der Waals surface area contributed by atoms with Gasteiger partial charge in [-0.15, -0.1) is 22.7 Å². The van der Waals surface area contributed by atoms with E-state index < -0.39 is 0 Å². The SMILES string of the molecule is Cc1onc(-c2cccc(-c3ccc(N)cc3)c2)c1-c1csc(C2CCN(C(=O)Cc3cccs3)CC2)n1. The Balaban J connectivity index is 1.19. The number of amides is 1. The van der Waals surface area contributed by atoms with Crippen molar-refractivity contribution in [3.63, 3.8) is 0 Å². The van der Waals surface area contributed by atoms with Gasteiger partial charge in [-0.3, -0.25) is 4.79 Å². The quantitative estimate of drug-likeness (QED) is 0.234.